The number of hydrogen-bond acceptors (Lipinski definition) is 3. The van der Waals surface area contributed by atoms with Crippen molar-refractivity contribution in [3.8, 4) is 0 Å². The average molecular weight is 409 g/mol. The fourth-order valence-corrected chi connectivity index (χ4v) is 5.00. The second-order valence-electron chi connectivity index (χ2n) is 7.52. The number of sulfonamides is 1. The summed E-state index contributed by atoms with van der Waals surface area (Å²) in [5.41, 5.74) is 4.13. The van der Waals surface area contributed by atoms with Crippen LogP contribution in [-0.4, -0.2) is 36.6 Å². The van der Waals surface area contributed by atoms with E-state index in [-0.39, 0.29) is 11.4 Å². The van der Waals surface area contributed by atoms with E-state index in [0.29, 0.717) is 6.42 Å². The van der Waals surface area contributed by atoms with Crippen LogP contribution < -0.4 is 0 Å². The summed E-state index contributed by atoms with van der Waals surface area (Å²) in [6, 6.07) is 13.8. The van der Waals surface area contributed by atoms with Crippen molar-refractivity contribution in [3.05, 3.63) is 77.5 Å². The van der Waals surface area contributed by atoms with E-state index in [2.05, 4.69) is 4.98 Å². The minimum absolute atomic E-state index is 0.206. The lowest BCUT2D eigenvalue weighted by molar-refractivity contribution is -0.110. The molecule has 29 heavy (non-hydrogen) atoms. The first-order valence-corrected chi connectivity index (χ1v) is 11.2. The van der Waals surface area contributed by atoms with Gasteiger partial charge in [-0.25, -0.2) is 8.42 Å². The highest BCUT2D eigenvalue weighted by molar-refractivity contribution is 7.89. The van der Waals surface area contributed by atoms with Crippen LogP contribution in [0.4, 0.5) is 0 Å². The van der Waals surface area contributed by atoms with E-state index in [4.69, 9.17) is 0 Å². The van der Waals surface area contributed by atoms with E-state index in [1.807, 2.05) is 43.5 Å². The second kappa shape index (κ2) is 7.97. The molecule has 0 unspecified atom stereocenters. The van der Waals surface area contributed by atoms with Crippen LogP contribution in [0.5, 0.6) is 0 Å². The Kier molecular flexibility index (Phi) is 5.39. The van der Waals surface area contributed by atoms with Crippen LogP contribution in [0.2, 0.25) is 0 Å². The largest absolute Gasteiger partial charge is 0.361 e. The summed E-state index contributed by atoms with van der Waals surface area (Å²) < 4.78 is 28.1. The molecule has 4 rings (SSSR count). The molecule has 5 nitrogen and oxygen atoms in total. The summed E-state index contributed by atoms with van der Waals surface area (Å²) in [7, 11) is -3.81. The van der Waals surface area contributed by atoms with Gasteiger partial charge in [0.15, 0.2) is 0 Å². The molecule has 150 valence electrons. The zero-order valence-corrected chi connectivity index (χ0v) is 17.2. The van der Waals surface area contributed by atoms with Crippen LogP contribution in [0.15, 0.2) is 71.3 Å². The Bertz CT molecular complexity index is 1150. The van der Waals surface area contributed by atoms with E-state index in [0.717, 1.165) is 41.2 Å². The molecular weight excluding hydrogens is 384 g/mol. The third-order valence-electron chi connectivity index (χ3n) is 5.36. The number of para-hydroxylation sites is 1. The molecule has 1 atom stereocenters. The Morgan fingerprint density at radius 3 is 2.52 bits per heavy atom. The number of hydrogen-bond donors (Lipinski definition) is 1. The van der Waals surface area contributed by atoms with E-state index in [9.17, 15) is 13.2 Å². The summed E-state index contributed by atoms with van der Waals surface area (Å²) in [5, 5.41) is 1.01. The quantitative estimate of drug-likeness (QED) is 0.452. The molecule has 0 saturated heterocycles. The number of aryl methyl sites for hydroxylation is 1. The molecule has 6 heteroatoms. The highest BCUT2D eigenvalue weighted by atomic mass is 32.2. The maximum atomic E-state index is 13.4. The number of carbonyl (C=O) groups excluding carboxylic acids is 1. The van der Waals surface area contributed by atoms with Crippen molar-refractivity contribution in [2.24, 2.45) is 0 Å². The third kappa shape index (κ3) is 4.18. The Balaban J connectivity index is 1.69. The Labute approximate surface area is 171 Å². The van der Waals surface area contributed by atoms with Gasteiger partial charge in [-0.1, -0.05) is 47.5 Å². The lowest BCUT2D eigenvalue weighted by Crippen LogP contribution is -2.42. The van der Waals surface area contributed by atoms with Gasteiger partial charge in [0.2, 0.25) is 10.0 Å². The Morgan fingerprint density at radius 1 is 1.10 bits per heavy atom. The number of allylic oxidation sites excluding steroid dienone is 1. The fourth-order valence-electron chi connectivity index (χ4n) is 3.50. The first-order valence-electron chi connectivity index (χ1n) is 9.76. The molecule has 1 aliphatic rings. The van der Waals surface area contributed by atoms with Gasteiger partial charge in [-0.2, -0.15) is 4.31 Å². The lowest BCUT2D eigenvalue weighted by Gasteiger charge is -2.26. The number of aromatic amines is 1. The minimum Gasteiger partial charge on any atom is -0.361 e. The van der Waals surface area contributed by atoms with Crippen molar-refractivity contribution in [1.29, 1.82) is 0 Å². The first-order chi connectivity index (χ1) is 14.0. The Hall–Kier alpha value is -2.70. The highest BCUT2D eigenvalue weighted by Gasteiger charge is 2.32. The van der Waals surface area contributed by atoms with Gasteiger partial charge in [0.05, 0.1) is 10.9 Å². The zero-order valence-electron chi connectivity index (χ0n) is 16.3. The molecule has 1 heterocycles. The molecule has 0 amide bonds. The van der Waals surface area contributed by atoms with Crippen LogP contribution in [0.3, 0.4) is 0 Å². The zero-order chi connectivity index (χ0) is 20.4. The number of aromatic nitrogens is 1. The number of benzene rings is 2. The SMILES string of the molecule is Cc1ccc(S(=O)(=O)N(CC=C2CC2)[C@H](C=O)Cc2c[nH]c3ccccc23)cc1. The topological polar surface area (TPSA) is 70.2 Å². The summed E-state index contributed by atoms with van der Waals surface area (Å²) in [4.78, 5) is 15.5. The third-order valence-corrected chi connectivity index (χ3v) is 7.26. The molecule has 0 spiro atoms. The molecule has 1 N–H and O–H groups in total. The minimum atomic E-state index is -3.81. The van der Waals surface area contributed by atoms with Crippen molar-refractivity contribution >= 4 is 27.2 Å². The number of fused-ring (bicyclic) bond motifs is 1. The predicted molar refractivity (Wildman–Crippen MR) is 114 cm³/mol. The molecular formula is C23H24N2O3S. The standard InChI is InChI=1S/C23H24N2O3S/c1-17-6-10-21(11-7-17)29(27,28)25(13-12-18-8-9-18)20(16-26)14-19-15-24-23-5-3-2-4-22(19)23/h2-7,10-12,15-16,20,24H,8-9,13-14H2,1H3/t20-/m0/s1. The highest BCUT2D eigenvalue weighted by Crippen LogP contribution is 2.29. The second-order valence-corrected chi connectivity index (χ2v) is 9.41. The molecule has 0 bridgehead atoms. The first kappa shape index (κ1) is 19.6. The number of rotatable bonds is 8. The van der Waals surface area contributed by atoms with Gasteiger partial charge < -0.3 is 9.78 Å². The molecule has 0 aliphatic heterocycles. The van der Waals surface area contributed by atoms with E-state index in [1.54, 1.807) is 24.3 Å². The number of nitrogens with zero attached hydrogens (tertiary/aromatic N) is 1. The van der Waals surface area contributed by atoms with Crippen LogP contribution in [0.25, 0.3) is 10.9 Å². The molecule has 2 aromatic carbocycles. The average Bonchev–Trinajstić information content (AvgIpc) is 3.46. The molecule has 1 aliphatic carbocycles. The Morgan fingerprint density at radius 2 is 1.83 bits per heavy atom. The van der Waals surface area contributed by atoms with Crippen LogP contribution in [-0.2, 0) is 21.2 Å². The van der Waals surface area contributed by atoms with Crippen LogP contribution in [0, 0.1) is 6.92 Å². The summed E-state index contributed by atoms with van der Waals surface area (Å²) in [6.07, 6.45) is 6.88. The van der Waals surface area contributed by atoms with Gasteiger partial charge in [-0.3, -0.25) is 0 Å². The predicted octanol–water partition coefficient (Wildman–Crippen LogP) is 4.00. The van der Waals surface area contributed by atoms with Gasteiger partial charge in [0, 0.05) is 23.6 Å². The lowest BCUT2D eigenvalue weighted by atomic mass is 10.1. The number of aldehydes is 1. The van der Waals surface area contributed by atoms with Crippen molar-refractivity contribution in [1.82, 2.24) is 9.29 Å². The molecule has 0 radical (unpaired) electrons. The summed E-state index contributed by atoms with van der Waals surface area (Å²) >= 11 is 0. The maximum Gasteiger partial charge on any atom is 0.244 e. The molecule has 1 saturated carbocycles. The van der Waals surface area contributed by atoms with Gasteiger partial charge in [-0.05, 0) is 49.9 Å². The monoisotopic (exact) mass is 408 g/mol. The number of nitrogens with one attached hydrogen (secondary N) is 1. The summed E-state index contributed by atoms with van der Waals surface area (Å²) in [6.45, 7) is 2.12. The number of carbonyl (C=O) groups is 1. The maximum absolute atomic E-state index is 13.4. The van der Waals surface area contributed by atoms with Crippen LogP contribution >= 0.6 is 0 Å². The van der Waals surface area contributed by atoms with Crippen molar-refractivity contribution in [3.63, 3.8) is 0 Å². The molecule has 1 aromatic heterocycles. The van der Waals surface area contributed by atoms with E-state index >= 15 is 0 Å². The van der Waals surface area contributed by atoms with Gasteiger partial charge >= 0.3 is 0 Å². The molecule has 1 fully saturated rings. The molecule has 3 aromatic rings. The smallest absolute Gasteiger partial charge is 0.244 e. The van der Waals surface area contributed by atoms with Gasteiger partial charge in [-0.15, -0.1) is 0 Å². The van der Waals surface area contributed by atoms with Gasteiger partial charge in [0.1, 0.15) is 6.29 Å². The van der Waals surface area contributed by atoms with Crippen LogP contribution in [0.1, 0.15) is 24.0 Å². The normalized spacial score (nSPS) is 14.9. The summed E-state index contributed by atoms with van der Waals surface area (Å²) in [5.74, 6) is 0. The number of H-pyrrole nitrogens is 1. The van der Waals surface area contributed by atoms with Crippen molar-refractivity contribution in [2.45, 2.75) is 37.1 Å². The fraction of sp³-hybridized carbons (Fsp3) is 0.261. The van der Waals surface area contributed by atoms with E-state index < -0.39 is 16.1 Å². The van der Waals surface area contributed by atoms with Crippen molar-refractivity contribution < 1.29 is 13.2 Å². The van der Waals surface area contributed by atoms with E-state index in [1.165, 1.54) is 9.88 Å². The van der Waals surface area contributed by atoms with Crippen molar-refractivity contribution in [2.75, 3.05) is 6.54 Å². The van der Waals surface area contributed by atoms with Gasteiger partial charge in [0.25, 0.3) is 0 Å².